The summed E-state index contributed by atoms with van der Waals surface area (Å²) in [4.78, 5) is 10.3. The Kier molecular flexibility index (Phi) is 8.71. The molecule has 4 fully saturated rings. The van der Waals surface area contributed by atoms with Crippen molar-refractivity contribution in [1.29, 1.82) is 0 Å². The van der Waals surface area contributed by atoms with Gasteiger partial charge in [-0.1, -0.05) is 6.42 Å². The van der Waals surface area contributed by atoms with Crippen molar-refractivity contribution in [1.82, 2.24) is 0 Å². The minimum Gasteiger partial charge on any atom is -0.744 e. The summed E-state index contributed by atoms with van der Waals surface area (Å²) in [5.41, 5.74) is 0. The van der Waals surface area contributed by atoms with Gasteiger partial charge in [0, 0.05) is 29.7 Å². The van der Waals surface area contributed by atoms with Gasteiger partial charge in [-0.25, -0.2) is 30.4 Å². The monoisotopic (exact) mass is 554 g/mol. The van der Waals surface area contributed by atoms with E-state index in [1.807, 2.05) is 0 Å². The average Bonchev–Trinajstić information content (AvgIpc) is 3.47. The molecule has 1 aromatic rings. The Labute approximate surface area is 211 Å². The van der Waals surface area contributed by atoms with Crippen molar-refractivity contribution in [2.75, 3.05) is 0 Å². The largest absolute Gasteiger partial charge is 0.744 e. The van der Waals surface area contributed by atoms with E-state index in [4.69, 9.17) is 0 Å². The summed E-state index contributed by atoms with van der Waals surface area (Å²) in [6, 6.07) is 0. The van der Waals surface area contributed by atoms with Crippen LogP contribution in [0.25, 0.3) is 0 Å². The molecule has 4 saturated carbocycles. The maximum Gasteiger partial charge on any atom is 0.200 e. The second-order valence-electron chi connectivity index (χ2n) is 10.4. The summed E-state index contributed by atoms with van der Waals surface area (Å²) in [5.74, 6) is -10.1. The van der Waals surface area contributed by atoms with E-state index < -0.39 is 44.1 Å². The molecule has 2 bridgehead atoms. The fourth-order valence-electron chi connectivity index (χ4n) is 6.59. The standard InChI is InChI=1S/C19H31OS.C6HF5O3S/c20-17-8-4-5-9-18(17)21(16-6-2-1-3-7-16)19-13-14-10-11-15(19)12-14;7-1-2(8)4(10)6(15(12,13)14)5(11)3(1)9/h14-16,18-19H,1-13H2;(H,12,13,14)/q+1;/p-1. The van der Waals surface area contributed by atoms with Crippen molar-refractivity contribution in [3.05, 3.63) is 29.1 Å². The van der Waals surface area contributed by atoms with Crippen molar-refractivity contribution in [2.45, 2.75) is 104 Å². The number of rotatable bonds is 4. The van der Waals surface area contributed by atoms with Gasteiger partial charge in [0.25, 0.3) is 0 Å². The van der Waals surface area contributed by atoms with Crippen LogP contribution in [0, 0.1) is 40.9 Å². The molecule has 4 aliphatic rings. The smallest absolute Gasteiger partial charge is 0.200 e. The number of ketones is 1. The Morgan fingerprint density at radius 1 is 0.722 bits per heavy atom. The molecule has 0 aliphatic heterocycles. The van der Waals surface area contributed by atoms with Gasteiger partial charge in [-0.05, 0) is 70.1 Å². The number of halogens is 5. The van der Waals surface area contributed by atoms with Crippen LogP contribution < -0.4 is 0 Å². The van der Waals surface area contributed by atoms with E-state index in [1.54, 1.807) is 0 Å². The first-order chi connectivity index (χ1) is 17.0. The molecule has 5 atom stereocenters. The third kappa shape index (κ3) is 5.62. The maximum atomic E-state index is 12.6. The van der Waals surface area contributed by atoms with E-state index in [-0.39, 0.29) is 0 Å². The van der Waals surface area contributed by atoms with Crippen LogP contribution in [0.3, 0.4) is 0 Å². The molecule has 202 valence electrons. The Balaban J connectivity index is 0.000000181. The zero-order chi connectivity index (χ0) is 26.2. The zero-order valence-corrected chi connectivity index (χ0v) is 21.6. The average molecular weight is 555 g/mol. The lowest BCUT2D eigenvalue weighted by molar-refractivity contribution is -0.119. The molecule has 5 rings (SSSR count). The summed E-state index contributed by atoms with van der Waals surface area (Å²) in [7, 11) is -5.32. The van der Waals surface area contributed by atoms with Crippen molar-refractivity contribution in [2.24, 2.45) is 11.8 Å². The van der Waals surface area contributed by atoms with Gasteiger partial charge in [0.1, 0.15) is 25.5 Å². The number of Topliss-reactive ketones (excluding diaryl/α,β-unsaturated/α-hetero) is 1. The molecular weight excluding hydrogens is 523 g/mol. The Hall–Kier alpha value is -1.20. The number of benzene rings is 1. The fourth-order valence-corrected chi connectivity index (χ4v) is 11.5. The summed E-state index contributed by atoms with van der Waals surface area (Å²) in [6.07, 6.45) is 17.9. The third-order valence-corrected chi connectivity index (χ3v) is 12.7. The number of carbonyl (C=O) groups is 1. The molecule has 0 spiro atoms. The molecule has 11 heteroatoms. The van der Waals surface area contributed by atoms with Gasteiger partial charge in [-0.2, -0.15) is 0 Å². The first-order valence-corrected chi connectivity index (χ1v) is 15.5. The van der Waals surface area contributed by atoms with Crippen LogP contribution in [0.2, 0.25) is 0 Å². The van der Waals surface area contributed by atoms with E-state index in [9.17, 15) is 39.7 Å². The fraction of sp³-hybridized carbons (Fsp3) is 0.720. The second kappa shape index (κ2) is 11.3. The van der Waals surface area contributed by atoms with Crippen molar-refractivity contribution in [3.8, 4) is 0 Å². The SMILES string of the molecule is O=C1CCCCC1[S+](C1CCCCC1)C1CC2CCC1C2.O=S(=O)([O-])c1c(F)c(F)c(F)c(F)c1F. The van der Waals surface area contributed by atoms with Crippen LogP contribution in [0.1, 0.15) is 83.5 Å². The van der Waals surface area contributed by atoms with E-state index in [0.29, 0.717) is 21.9 Å². The van der Waals surface area contributed by atoms with Gasteiger partial charge in [0.05, 0.1) is 0 Å². The highest BCUT2D eigenvalue weighted by atomic mass is 32.2. The molecule has 0 radical (unpaired) electrons. The van der Waals surface area contributed by atoms with Gasteiger partial charge in [-0.15, -0.1) is 0 Å². The first kappa shape index (κ1) is 27.8. The molecule has 0 heterocycles. The minimum atomic E-state index is -5.77. The van der Waals surface area contributed by atoms with Crippen LogP contribution >= 0.6 is 0 Å². The molecule has 4 aliphatic carbocycles. The molecular formula is C25H31F5O4S2. The molecule has 5 unspecified atom stereocenters. The third-order valence-electron chi connectivity index (χ3n) is 8.21. The van der Waals surface area contributed by atoms with Crippen molar-refractivity contribution < 1.29 is 39.7 Å². The lowest BCUT2D eigenvalue weighted by atomic mass is 9.98. The Morgan fingerprint density at radius 3 is 1.81 bits per heavy atom. The highest BCUT2D eigenvalue weighted by molar-refractivity contribution is 7.99. The number of carbonyl (C=O) groups excluding carboxylic acids is 1. The molecule has 0 saturated heterocycles. The topological polar surface area (TPSA) is 74.3 Å². The molecule has 36 heavy (non-hydrogen) atoms. The van der Waals surface area contributed by atoms with Gasteiger partial charge < -0.3 is 4.55 Å². The Bertz CT molecular complexity index is 1060. The molecule has 0 N–H and O–H groups in total. The zero-order valence-electron chi connectivity index (χ0n) is 19.9. The lowest BCUT2D eigenvalue weighted by Crippen LogP contribution is -2.48. The van der Waals surface area contributed by atoms with Crippen molar-refractivity contribution >= 4 is 26.8 Å². The number of hydrogen-bond acceptors (Lipinski definition) is 4. The summed E-state index contributed by atoms with van der Waals surface area (Å²) < 4.78 is 92.9. The van der Waals surface area contributed by atoms with Gasteiger partial charge in [0.15, 0.2) is 34.3 Å². The maximum absolute atomic E-state index is 12.6. The van der Waals surface area contributed by atoms with Crippen LogP contribution in [0.15, 0.2) is 4.90 Å². The van der Waals surface area contributed by atoms with Gasteiger partial charge in [-0.3, -0.25) is 4.79 Å². The van der Waals surface area contributed by atoms with Gasteiger partial charge in [0.2, 0.25) is 5.82 Å². The molecule has 0 amide bonds. The molecule has 0 aromatic heterocycles. The highest BCUT2D eigenvalue weighted by Gasteiger charge is 2.55. The van der Waals surface area contributed by atoms with E-state index in [2.05, 4.69) is 0 Å². The summed E-state index contributed by atoms with van der Waals surface area (Å²) in [5, 5.41) is 2.38. The van der Waals surface area contributed by atoms with E-state index >= 15 is 0 Å². The quantitative estimate of drug-likeness (QED) is 0.152. The van der Waals surface area contributed by atoms with E-state index in [1.165, 1.54) is 77.0 Å². The van der Waals surface area contributed by atoms with Gasteiger partial charge >= 0.3 is 0 Å². The predicted octanol–water partition coefficient (Wildman–Crippen LogP) is 5.92. The number of fused-ring (bicyclic) bond motifs is 2. The Morgan fingerprint density at radius 2 is 1.31 bits per heavy atom. The first-order valence-electron chi connectivity index (χ1n) is 12.7. The predicted molar refractivity (Wildman–Crippen MR) is 125 cm³/mol. The molecule has 4 nitrogen and oxygen atoms in total. The van der Waals surface area contributed by atoms with Crippen molar-refractivity contribution in [3.63, 3.8) is 0 Å². The minimum absolute atomic E-state index is 0.448. The van der Waals surface area contributed by atoms with Crippen LogP contribution in [-0.2, 0) is 25.8 Å². The summed E-state index contributed by atoms with van der Waals surface area (Å²) in [6.45, 7) is 0. The second-order valence-corrected chi connectivity index (χ2v) is 14.4. The van der Waals surface area contributed by atoms with E-state index in [0.717, 1.165) is 28.8 Å². The molecule has 1 aromatic carbocycles. The highest BCUT2D eigenvalue weighted by Crippen LogP contribution is 2.51. The lowest BCUT2D eigenvalue weighted by Gasteiger charge is -2.35. The summed E-state index contributed by atoms with van der Waals surface area (Å²) >= 11 is 0. The van der Waals surface area contributed by atoms with Crippen LogP contribution in [-0.4, -0.2) is 34.5 Å². The normalized spacial score (nSPS) is 29.7. The van der Waals surface area contributed by atoms with Crippen LogP contribution in [0.5, 0.6) is 0 Å². The van der Waals surface area contributed by atoms with Crippen LogP contribution in [0.4, 0.5) is 22.0 Å². The number of hydrogen-bond donors (Lipinski definition) is 0.